The lowest BCUT2D eigenvalue weighted by Crippen LogP contribution is -2.35. The van der Waals surface area contributed by atoms with Gasteiger partial charge in [0.1, 0.15) is 11.6 Å². The Balaban J connectivity index is 1.40. The third-order valence-corrected chi connectivity index (χ3v) is 9.78. The van der Waals surface area contributed by atoms with Gasteiger partial charge in [-0.1, -0.05) is 78.9 Å². The molecule has 0 spiro atoms. The van der Waals surface area contributed by atoms with Crippen LogP contribution in [0.1, 0.15) is 39.8 Å². The minimum atomic E-state index is -0.664. The SMILES string of the molecule is COc1cccc(-c2c(C)c(Cc3c(F)cccc3F)c3n(c2=O)C(CNCC(c2ccccc2)c2ccccc2)CS3)c1F. The zero-order chi connectivity index (χ0) is 31.5. The second-order valence-electron chi connectivity index (χ2n) is 11.2. The van der Waals surface area contributed by atoms with Gasteiger partial charge in [-0.15, -0.1) is 11.8 Å². The van der Waals surface area contributed by atoms with Gasteiger partial charge >= 0.3 is 0 Å². The average molecular weight is 627 g/mol. The molecule has 4 aromatic carbocycles. The van der Waals surface area contributed by atoms with Gasteiger partial charge in [0.15, 0.2) is 11.6 Å². The number of nitrogens with zero attached hydrogens (tertiary/aromatic N) is 1. The summed E-state index contributed by atoms with van der Waals surface area (Å²) in [5, 5.41) is 4.25. The highest BCUT2D eigenvalue weighted by Gasteiger charge is 2.32. The van der Waals surface area contributed by atoms with Crippen molar-refractivity contribution in [2.24, 2.45) is 0 Å². The van der Waals surface area contributed by atoms with Gasteiger partial charge in [0, 0.05) is 42.3 Å². The van der Waals surface area contributed by atoms with E-state index in [1.807, 2.05) is 36.4 Å². The molecule has 8 heteroatoms. The summed E-state index contributed by atoms with van der Waals surface area (Å²) in [5.74, 6) is -1.29. The summed E-state index contributed by atoms with van der Waals surface area (Å²) >= 11 is 1.49. The minimum absolute atomic E-state index is 0.0129. The number of ether oxygens (including phenoxy) is 1. The van der Waals surface area contributed by atoms with Gasteiger partial charge in [-0.05, 0) is 47.4 Å². The van der Waals surface area contributed by atoms with Crippen molar-refractivity contribution in [3.05, 3.63) is 153 Å². The molecule has 2 heterocycles. The van der Waals surface area contributed by atoms with Crippen molar-refractivity contribution in [1.29, 1.82) is 0 Å². The molecule has 1 aliphatic heterocycles. The van der Waals surface area contributed by atoms with Crippen LogP contribution in [0.2, 0.25) is 0 Å². The molecule has 1 aromatic heterocycles. The molecule has 1 aliphatic rings. The van der Waals surface area contributed by atoms with Crippen LogP contribution in [0.15, 0.2) is 107 Å². The predicted molar refractivity (Wildman–Crippen MR) is 174 cm³/mol. The number of methoxy groups -OCH3 is 1. The number of rotatable bonds is 10. The molecular weight excluding hydrogens is 593 g/mol. The Labute approximate surface area is 264 Å². The van der Waals surface area contributed by atoms with Gasteiger partial charge < -0.3 is 10.1 Å². The number of nitrogens with one attached hydrogen (secondary N) is 1. The first-order valence-electron chi connectivity index (χ1n) is 14.9. The van der Waals surface area contributed by atoms with Crippen LogP contribution in [0.25, 0.3) is 11.1 Å². The molecule has 0 amide bonds. The molecule has 0 aliphatic carbocycles. The second kappa shape index (κ2) is 13.4. The van der Waals surface area contributed by atoms with E-state index >= 15 is 4.39 Å². The number of fused-ring (bicyclic) bond motifs is 1. The van der Waals surface area contributed by atoms with Gasteiger partial charge in [0.25, 0.3) is 5.56 Å². The quantitative estimate of drug-likeness (QED) is 0.171. The fourth-order valence-corrected chi connectivity index (χ4v) is 7.56. The molecule has 230 valence electrons. The first kappa shape index (κ1) is 30.7. The van der Waals surface area contributed by atoms with E-state index in [4.69, 9.17) is 4.74 Å². The standard InChI is InChI=1S/C37H33F3N2O2S/c1-23-28(19-29-31(38)16-10-17-32(29)39)37-42(36(43)34(23)27-15-9-18-33(44-2)35(27)40)26(22-45-37)20-41-21-30(24-11-5-3-6-12-24)25-13-7-4-8-14-25/h3-18,26,30,41H,19-22H2,1-2H3. The van der Waals surface area contributed by atoms with E-state index in [2.05, 4.69) is 29.6 Å². The predicted octanol–water partition coefficient (Wildman–Crippen LogP) is 7.91. The lowest BCUT2D eigenvalue weighted by atomic mass is 9.91. The van der Waals surface area contributed by atoms with Gasteiger partial charge in [-0.25, -0.2) is 13.2 Å². The van der Waals surface area contributed by atoms with E-state index in [-0.39, 0.29) is 46.4 Å². The molecule has 1 N–H and O–H groups in total. The zero-order valence-electron chi connectivity index (χ0n) is 25.0. The van der Waals surface area contributed by atoms with Crippen LogP contribution in [-0.4, -0.2) is 30.5 Å². The van der Waals surface area contributed by atoms with Crippen LogP contribution >= 0.6 is 11.8 Å². The summed E-state index contributed by atoms with van der Waals surface area (Å²) in [4.78, 5) is 14.3. The number of hydrogen-bond donors (Lipinski definition) is 1. The van der Waals surface area contributed by atoms with Gasteiger partial charge in [0.2, 0.25) is 0 Å². The first-order valence-corrected chi connectivity index (χ1v) is 15.8. The fraction of sp³-hybridized carbons (Fsp3) is 0.216. The van der Waals surface area contributed by atoms with E-state index in [0.29, 0.717) is 35.0 Å². The summed E-state index contributed by atoms with van der Waals surface area (Å²) in [6.07, 6.45) is -0.0736. The second-order valence-corrected chi connectivity index (χ2v) is 12.2. The Morgan fingerprint density at radius 3 is 2.11 bits per heavy atom. The topological polar surface area (TPSA) is 43.3 Å². The van der Waals surface area contributed by atoms with Crippen molar-refractivity contribution in [1.82, 2.24) is 9.88 Å². The van der Waals surface area contributed by atoms with Crippen LogP contribution in [-0.2, 0) is 6.42 Å². The van der Waals surface area contributed by atoms with Crippen LogP contribution in [0.3, 0.4) is 0 Å². The molecule has 0 saturated carbocycles. The Hall–Kier alpha value is -4.27. The highest BCUT2D eigenvalue weighted by atomic mass is 32.2. The van der Waals surface area contributed by atoms with E-state index in [1.54, 1.807) is 23.6 Å². The summed E-state index contributed by atoms with van der Waals surface area (Å²) in [7, 11) is 1.37. The van der Waals surface area contributed by atoms with Gasteiger partial charge in [-0.2, -0.15) is 0 Å². The Morgan fingerprint density at radius 1 is 0.867 bits per heavy atom. The number of benzene rings is 4. The maximum atomic E-state index is 15.7. The maximum Gasteiger partial charge on any atom is 0.260 e. The summed E-state index contributed by atoms with van der Waals surface area (Å²) in [5.41, 5.74) is 3.29. The molecule has 0 fully saturated rings. The monoisotopic (exact) mass is 626 g/mol. The molecule has 1 atom stereocenters. The molecule has 0 saturated heterocycles. The van der Waals surface area contributed by atoms with Gasteiger partial charge in [-0.3, -0.25) is 9.36 Å². The van der Waals surface area contributed by atoms with Crippen molar-refractivity contribution in [3.63, 3.8) is 0 Å². The summed E-state index contributed by atoms with van der Waals surface area (Å²) in [6, 6.07) is 28.7. The average Bonchev–Trinajstić information content (AvgIpc) is 3.48. The largest absolute Gasteiger partial charge is 0.494 e. The molecule has 6 rings (SSSR count). The van der Waals surface area contributed by atoms with Crippen LogP contribution in [0.5, 0.6) is 5.75 Å². The Bertz CT molecular complexity index is 1820. The zero-order valence-corrected chi connectivity index (χ0v) is 25.8. The number of hydrogen-bond acceptors (Lipinski definition) is 4. The van der Waals surface area contributed by atoms with Crippen LogP contribution < -0.4 is 15.6 Å². The van der Waals surface area contributed by atoms with Gasteiger partial charge in [0.05, 0.1) is 23.7 Å². The van der Waals surface area contributed by atoms with E-state index < -0.39 is 17.5 Å². The summed E-state index contributed by atoms with van der Waals surface area (Å²) in [6.45, 7) is 2.84. The molecule has 1 unspecified atom stereocenters. The van der Waals surface area contributed by atoms with Crippen molar-refractivity contribution in [2.45, 2.75) is 30.3 Å². The molecule has 0 bridgehead atoms. The minimum Gasteiger partial charge on any atom is -0.494 e. The lowest BCUT2D eigenvalue weighted by molar-refractivity contribution is 0.387. The third kappa shape index (κ3) is 6.04. The van der Waals surface area contributed by atoms with Crippen molar-refractivity contribution in [2.75, 3.05) is 26.0 Å². The smallest absolute Gasteiger partial charge is 0.260 e. The summed E-state index contributed by atoms with van der Waals surface area (Å²) < 4.78 is 52.3. The number of thioether (sulfide) groups is 1. The van der Waals surface area contributed by atoms with E-state index in [1.165, 1.54) is 54.3 Å². The lowest BCUT2D eigenvalue weighted by Gasteiger charge is -2.23. The van der Waals surface area contributed by atoms with Crippen molar-refractivity contribution >= 4 is 11.8 Å². The van der Waals surface area contributed by atoms with Crippen molar-refractivity contribution in [3.8, 4) is 16.9 Å². The number of aromatic nitrogens is 1. The highest BCUT2D eigenvalue weighted by molar-refractivity contribution is 7.99. The normalized spacial score (nSPS) is 14.1. The Kier molecular flexibility index (Phi) is 9.14. The van der Waals surface area contributed by atoms with E-state index in [9.17, 15) is 13.6 Å². The molecule has 4 nitrogen and oxygen atoms in total. The van der Waals surface area contributed by atoms with Crippen molar-refractivity contribution < 1.29 is 17.9 Å². The number of pyridine rings is 1. The van der Waals surface area contributed by atoms with Crippen LogP contribution in [0.4, 0.5) is 13.2 Å². The van der Waals surface area contributed by atoms with Crippen LogP contribution in [0, 0.1) is 24.4 Å². The fourth-order valence-electron chi connectivity index (χ4n) is 6.18. The highest BCUT2D eigenvalue weighted by Crippen LogP contribution is 2.41. The number of halogens is 3. The molecule has 45 heavy (non-hydrogen) atoms. The Morgan fingerprint density at radius 2 is 1.49 bits per heavy atom. The first-order chi connectivity index (χ1) is 21.9. The third-order valence-electron chi connectivity index (χ3n) is 8.51. The molecule has 0 radical (unpaired) electrons. The maximum absolute atomic E-state index is 15.7. The van der Waals surface area contributed by atoms with E-state index in [0.717, 1.165) is 0 Å². The molecular formula is C37H33F3N2O2S. The molecule has 5 aromatic rings.